The zero-order valence-corrected chi connectivity index (χ0v) is 18.1. The normalized spacial score (nSPS) is 13.8. The molecule has 32 heavy (non-hydrogen) atoms. The van der Waals surface area contributed by atoms with E-state index in [1.807, 2.05) is 23.1 Å². The van der Waals surface area contributed by atoms with E-state index in [0.29, 0.717) is 48.7 Å². The molecule has 1 aliphatic heterocycles. The molecule has 3 aromatic rings. The molecule has 2 aromatic carbocycles. The van der Waals surface area contributed by atoms with E-state index in [0.717, 1.165) is 5.39 Å². The number of anilines is 1. The number of hydrogen-bond donors (Lipinski definition) is 1. The second kappa shape index (κ2) is 9.13. The smallest absolute Gasteiger partial charge is 0.345 e. The van der Waals surface area contributed by atoms with Crippen molar-refractivity contribution in [2.75, 3.05) is 44.8 Å². The highest BCUT2D eigenvalue weighted by molar-refractivity contribution is 6.05. The topological polar surface area (TPSA) is 91.9 Å². The molecule has 0 bridgehead atoms. The summed E-state index contributed by atoms with van der Waals surface area (Å²) in [5, 5.41) is 0.769. The number of fused-ring (bicyclic) bond motifs is 1. The maximum absolute atomic E-state index is 12.9. The third-order valence-electron chi connectivity index (χ3n) is 5.59. The number of rotatable bonds is 5. The fourth-order valence-electron chi connectivity index (χ4n) is 4.00. The number of benzene rings is 2. The predicted octanol–water partition coefficient (Wildman–Crippen LogP) is 2.68. The first-order valence-corrected chi connectivity index (χ1v) is 10.5. The molecule has 0 spiro atoms. The van der Waals surface area contributed by atoms with Gasteiger partial charge in [0.2, 0.25) is 0 Å². The maximum atomic E-state index is 12.9. The van der Waals surface area contributed by atoms with E-state index in [1.165, 1.54) is 0 Å². The lowest BCUT2D eigenvalue weighted by Gasteiger charge is -2.37. The zero-order valence-electron chi connectivity index (χ0n) is 18.1. The highest BCUT2D eigenvalue weighted by atomic mass is 16.5. The van der Waals surface area contributed by atoms with Crippen LogP contribution >= 0.6 is 0 Å². The summed E-state index contributed by atoms with van der Waals surface area (Å²) in [6.07, 6.45) is 0. The molecule has 8 nitrogen and oxygen atoms in total. The quantitative estimate of drug-likeness (QED) is 0.620. The van der Waals surface area contributed by atoms with Crippen molar-refractivity contribution in [1.29, 1.82) is 0 Å². The molecule has 8 heteroatoms. The maximum Gasteiger partial charge on any atom is 0.345 e. The number of carbonyl (C=O) groups excluding carboxylic acids is 2. The molecule has 1 amide bonds. The van der Waals surface area contributed by atoms with Crippen molar-refractivity contribution in [3.63, 3.8) is 0 Å². The number of amides is 1. The van der Waals surface area contributed by atoms with Crippen LogP contribution in [-0.4, -0.2) is 61.7 Å². The van der Waals surface area contributed by atoms with Gasteiger partial charge in [0.15, 0.2) is 0 Å². The number of esters is 1. The van der Waals surface area contributed by atoms with Crippen molar-refractivity contribution in [2.24, 2.45) is 0 Å². The number of carbonyl (C=O) groups is 2. The van der Waals surface area contributed by atoms with Crippen molar-refractivity contribution in [3.05, 3.63) is 70.0 Å². The summed E-state index contributed by atoms with van der Waals surface area (Å²) in [7, 11) is 1.58. The van der Waals surface area contributed by atoms with Gasteiger partial charge in [-0.25, -0.2) is 4.79 Å². The fourth-order valence-corrected chi connectivity index (χ4v) is 4.00. The SMILES string of the molecule is CCOC(=O)c1c(N2CCN(C(=O)c3ccc(OC)cc3)CC2)c2ccccc2[nH]c1=O. The predicted molar refractivity (Wildman–Crippen MR) is 122 cm³/mol. The van der Waals surface area contributed by atoms with Crippen LogP contribution in [0.4, 0.5) is 5.69 Å². The molecule has 2 heterocycles. The lowest BCUT2D eigenvalue weighted by Crippen LogP contribution is -2.49. The van der Waals surface area contributed by atoms with Crippen LogP contribution in [0.15, 0.2) is 53.3 Å². The van der Waals surface area contributed by atoms with Gasteiger partial charge in [-0.2, -0.15) is 0 Å². The van der Waals surface area contributed by atoms with Crippen molar-refractivity contribution >= 4 is 28.5 Å². The molecule has 0 saturated carbocycles. The fraction of sp³-hybridized carbons (Fsp3) is 0.292. The number of pyridine rings is 1. The van der Waals surface area contributed by atoms with E-state index in [9.17, 15) is 14.4 Å². The van der Waals surface area contributed by atoms with E-state index < -0.39 is 11.5 Å². The van der Waals surface area contributed by atoms with Crippen LogP contribution in [0.3, 0.4) is 0 Å². The van der Waals surface area contributed by atoms with E-state index >= 15 is 0 Å². The zero-order chi connectivity index (χ0) is 22.7. The first-order chi connectivity index (χ1) is 15.5. The summed E-state index contributed by atoms with van der Waals surface area (Å²) in [5.41, 5.74) is 1.32. The van der Waals surface area contributed by atoms with Gasteiger partial charge in [-0.3, -0.25) is 9.59 Å². The number of aromatic amines is 1. The van der Waals surface area contributed by atoms with Crippen LogP contribution in [0.1, 0.15) is 27.6 Å². The van der Waals surface area contributed by atoms with Crippen molar-refractivity contribution in [1.82, 2.24) is 9.88 Å². The number of hydrogen-bond acceptors (Lipinski definition) is 6. The second-order valence-electron chi connectivity index (χ2n) is 7.45. The standard InChI is InChI=1S/C24H25N3O5/c1-3-32-24(30)20-21(18-6-4-5-7-19(18)25-22(20)28)26-12-14-27(15-13-26)23(29)16-8-10-17(31-2)11-9-16/h4-11H,3,12-15H2,1-2H3,(H,25,28). The highest BCUT2D eigenvalue weighted by Crippen LogP contribution is 2.29. The van der Waals surface area contributed by atoms with Crippen molar-refractivity contribution < 1.29 is 19.1 Å². The second-order valence-corrected chi connectivity index (χ2v) is 7.45. The average Bonchev–Trinajstić information content (AvgIpc) is 2.83. The molecule has 1 fully saturated rings. The molecule has 1 aromatic heterocycles. The molecule has 0 aliphatic carbocycles. The van der Waals surface area contributed by atoms with Crippen LogP contribution in [-0.2, 0) is 4.74 Å². The summed E-state index contributed by atoms with van der Waals surface area (Å²) in [4.78, 5) is 44.9. The Labute approximate surface area is 185 Å². The van der Waals surface area contributed by atoms with Gasteiger partial charge in [-0.1, -0.05) is 18.2 Å². The van der Waals surface area contributed by atoms with Gasteiger partial charge in [0.25, 0.3) is 11.5 Å². The monoisotopic (exact) mass is 435 g/mol. The average molecular weight is 435 g/mol. The van der Waals surface area contributed by atoms with Crippen LogP contribution < -0.4 is 15.2 Å². The Morgan fingerprint density at radius 2 is 1.69 bits per heavy atom. The molecule has 1 aliphatic rings. The van der Waals surface area contributed by atoms with Crippen LogP contribution in [0.2, 0.25) is 0 Å². The Morgan fingerprint density at radius 3 is 2.34 bits per heavy atom. The molecule has 1 N–H and O–H groups in total. The van der Waals surface area contributed by atoms with Gasteiger partial charge in [0.1, 0.15) is 11.3 Å². The first kappa shape index (κ1) is 21.4. The Morgan fingerprint density at radius 1 is 1.00 bits per heavy atom. The Balaban J connectivity index is 1.62. The van der Waals surface area contributed by atoms with Crippen molar-refractivity contribution in [3.8, 4) is 5.75 Å². The number of piperazine rings is 1. The molecule has 4 rings (SSSR count). The third-order valence-corrected chi connectivity index (χ3v) is 5.59. The lowest BCUT2D eigenvalue weighted by molar-refractivity contribution is 0.0524. The van der Waals surface area contributed by atoms with Crippen LogP contribution in [0.25, 0.3) is 10.9 Å². The number of H-pyrrole nitrogens is 1. The number of nitrogens with zero attached hydrogens (tertiary/aromatic N) is 2. The molecular weight excluding hydrogens is 410 g/mol. The minimum absolute atomic E-state index is 0.000445. The number of nitrogens with one attached hydrogen (secondary N) is 1. The molecule has 0 radical (unpaired) electrons. The van der Waals surface area contributed by atoms with E-state index in [1.54, 1.807) is 49.3 Å². The molecule has 1 saturated heterocycles. The largest absolute Gasteiger partial charge is 0.497 e. The summed E-state index contributed by atoms with van der Waals surface area (Å²) < 4.78 is 10.3. The Hall–Kier alpha value is -3.81. The lowest BCUT2D eigenvalue weighted by atomic mass is 10.1. The van der Waals surface area contributed by atoms with Gasteiger partial charge < -0.3 is 24.3 Å². The van der Waals surface area contributed by atoms with Crippen molar-refractivity contribution in [2.45, 2.75) is 6.92 Å². The number of aromatic nitrogens is 1. The van der Waals surface area contributed by atoms with E-state index in [2.05, 4.69) is 4.98 Å². The first-order valence-electron chi connectivity index (χ1n) is 10.5. The van der Waals surface area contributed by atoms with Crippen LogP contribution in [0, 0.1) is 0 Å². The van der Waals surface area contributed by atoms with E-state index in [4.69, 9.17) is 9.47 Å². The summed E-state index contributed by atoms with van der Waals surface area (Å²) in [5.74, 6) is -0.0148. The Kier molecular flexibility index (Phi) is 6.11. The van der Waals surface area contributed by atoms with Gasteiger partial charge in [-0.05, 0) is 37.3 Å². The Bertz CT molecular complexity index is 1190. The van der Waals surface area contributed by atoms with Gasteiger partial charge in [-0.15, -0.1) is 0 Å². The number of para-hydroxylation sites is 1. The third kappa shape index (κ3) is 4.03. The molecule has 0 unspecified atom stereocenters. The van der Waals surface area contributed by atoms with Crippen LogP contribution in [0.5, 0.6) is 5.75 Å². The van der Waals surface area contributed by atoms with Gasteiger partial charge >= 0.3 is 5.97 Å². The van der Waals surface area contributed by atoms with Gasteiger partial charge in [0, 0.05) is 37.1 Å². The number of ether oxygens (including phenoxy) is 2. The van der Waals surface area contributed by atoms with E-state index in [-0.39, 0.29) is 18.1 Å². The summed E-state index contributed by atoms with van der Waals surface area (Å²) in [6.45, 7) is 3.79. The minimum Gasteiger partial charge on any atom is -0.497 e. The molecule has 166 valence electrons. The minimum atomic E-state index is -0.647. The summed E-state index contributed by atoms with van der Waals surface area (Å²) >= 11 is 0. The molecular formula is C24H25N3O5. The number of methoxy groups -OCH3 is 1. The van der Waals surface area contributed by atoms with Gasteiger partial charge in [0.05, 0.1) is 24.9 Å². The molecule has 0 atom stereocenters. The highest BCUT2D eigenvalue weighted by Gasteiger charge is 2.28. The summed E-state index contributed by atoms with van der Waals surface area (Å²) in [6, 6.07) is 14.4.